The third-order valence-corrected chi connectivity index (χ3v) is 4.41. The number of rotatable bonds is 3. The molecule has 2 aromatic carbocycles. The van der Waals surface area contributed by atoms with Crippen LogP contribution in [-0.2, 0) is 4.74 Å². The SMILES string of the molecule is CC(C)N1CCOC(C(N)c2ccc3ccccc3c2)C1. The van der Waals surface area contributed by atoms with Crippen LogP contribution < -0.4 is 5.73 Å². The van der Waals surface area contributed by atoms with E-state index in [1.807, 2.05) is 0 Å². The second kappa shape index (κ2) is 6.14. The monoisotopic (exact) mass is 284 g/mol. The van der Waals surface area contributed by atoms with Crippen LogP contribution in [0.25, 0.3) is 10.8 Å². The average Bonchev–Trinajstić information content (AvgIpc) is 2.53. The van der Waals surface area contributed by atoms with E-state index in [2.05, 4.69) is 61.2 Å². The van der Waals surface area contributed by atoms with Crippen LogP contribution in [0.2, 0.25) is 0 Å². The minimum absolute atomic E-state index is 0.0716. The Balaban J connectivity index is 1.81. The van der Waals surface area contributed by atoms with Gasteiger partial charge in [-0.1, -0.05) is 36.4 Å². The Kier molecular flexibility index (Phi) is 4.24. The van der Waals surface area contributed by atoms with Gasteiger partial charge in [0.2, 0.25) is 0 Å². The van der Waals surface area contributed by atoms with Gasteiger partial charge in [0.25, 0.3) is 0 Å². The van der Waals surface area contributed by atoms with E-state index in [9.17, 15) is 0 Å². The van der Waals surface area contributed by atoms with E-state index in [0.29, 0.717) is 6.04 Å². The Morgan fingerprint density at radius 3 is 2.67 bits per heavy atom. The molecule has 2 atom stereocenters. The fraction of sp³-hybridized carbons (Fsp3) is 0.444. The van der Waals surface area contributed by atoms with E-state index in [-0.39, 0.29) is 12.1 Å². The Hall–Kier alpha value is -1.42. The summed E-state index contributed by atoms with van der Waals surface area (Å²) in [6.45, 7) is 7.13. The van der Waals surface area contributed by atoms with Gasteiger partial charge >= 0.3 is 0 Å². The van der Waals surface area contributed by atoms with Gasteiger partial charge in [-0.05, 0) is 36.2 Å². The predicted octanol–water partition coefficient (Wildman–Crippen LogP) is 2.95. The molecule has 1 fully saturated rings. The molecule has 0 amide bonds. The van der Waals surface area contributed by atoms with Crippen molar-refractivity contribution in [2.75, 3.05) is 19.7 Å². The maximum atomic E-state index is 6.47. The predicted molar refractivity (Wildman–Crippen MR) is 87.3 cm³/mol. The summed E-state index contributed by atoms with van der Waals surface area (Å²) < 4.78 is 5.92. The zero-order chi connectivity index (χ0) is 14.8. The fourth-order valence-electron chi connectivity index (χ4n) is 3.01. The number of nitrogens with zero attached hydrogens (tertiary/aromatic N) is 1. The van der Waals surface area contributed by atoms with Crippen molar-refractivity contribution >= 4 is 10.8 Å². The number of ether oxygens (including phenoxy) is 1. The zero-order valence-electron chi connectivity index (χ0n) is 12.8. The smallest absolute Gasteiger partial charge is 0.0894 e. The summed E-state index contributed by atoms with van der Waals surface area (Å²) in [4.78, 5) is 2.44. The highest BCUT2D eigenvalue weighted by Crippen LogP contribution is 2.24. The molecule has 0 aromatic heterocycles. The maximum absolute atomic E-state index is 6.47. The summed E-state index contributed by atoms with van der Waals surface area (Å²) in [7, 11) is 0. The summed E-state index contributed by atoms with van der Waals surface area (Å²) >= 11 is 0. The second-order valence-corrected chi connectivity index (χ2v) is 6.13. The lowest BCUT2D eigenvalue weighted by atomic mass is 9.97. The van der Waals surface area contributed by atoms with Crippen molar-refractivity contribution in [3.63, 3.8) is 0 Å². The lowest BCUT2D eigenvalue weighted by Crippen LogP contribution is -2.49. The van der Waals surface area contributed by atoms with Gasteiger partial charge < -0.3 is 10.5 Å². The minimum Gasteiger partial charge on any atom is -0.374 e. The van der Waals surface area contributed by atoms with Crippen LogP contribution in [0.4, 0.5) is 0 Å². The van der Waals surface area contributed by atoms with Crippen LogP contribution in [0.15, 0.2) is 42.5 Å². The molecule has 3 nitrogen and oxygen atoms in total. The van der Waals surface area contributed by atoms with Gasteiger partial charge in [0.1, 0.15) is 0 Å². The number of hydrogen-bond donors (Lipinski definition) is 1. The van der Waals surface area contributed by atoms with Crippen molar-refractivity contribution in [3.8, 4) is 0 Å². The van der Waals surface area contributed by atoms with Crippen LogP contribution in [0.3, 0.4) is 0 Å². The fourth-order valence-corrected chi connectivity index (χ4v) is 3.01. The highest BCUT2D eigenvalue weighted by molar-refractivity contribution is 5.83. The van der Waals surface area contributed by atoms with Crippen molar-refractivity contribution in [3.05, 3.63) is 48.0 Å². The molecule has 2 unspecified atom stereocenters. The van der Waals surface area contributed by atoms with Crippen LogP contribution in [0.5, 0.6) is 0 Å². The molecule has 2 aromatic rings. The van der Waals surface area contributed by atoms with Crippen LogP contribution in [0.1, 0.15) is 25.5 Å². The van der Waals surface area contributed by atoms with E-state index in [4.69, 9.17) is 10.5 Å². The molecule has 112 valence electrons. The molecule has 1 heterocycles. The Morgan fingerprint density at radius 2 is 1.90 bits per heavy atom. The quantitative estimate of drug-likeness (QED) is 0.942. The third-order valence-electron chi connectivity index (χ3n) is 4.41. The normalized spacial score (nSPS) is 21.8. The summed E-state index contributed by atoms with van der Waals surface area (Å²) in [6, 6.07) is 15.3. The Bertz CT molecular complexity index is 611. The topological polar surface area (TPSA) is 38.5 Å². The van der Waals surface area contributed by atoms with Gasteiger partial charge in [0.05, 0.1) is 18.8 Å². The third kappa shape index (κ3) is 3.10. The molecular formula is C18H24N2O. The lowest BCUT2D eigenvalue weighted by Gasteiger charge is -2.38. The van der Waals surface area contributed by atoms with E-state index >= 15 is 0 Å². The molecular weight excluding hydrogens is 260 g/mol. The first-order chi connectivity index (χ1) is 10.1. The number of benzene rings is 2. The van der Waals surface area contributed by atoms with Gasteiger partial charge in [0.15, 0.2) is 0 Å². The average molecular weight is 284 g/mol. The van der Waals surface area contributed by atoms with Gasteiger partial charge in [-0.3, -0.25) is 4.90 Å². The summed E-state index contributed by atoms with van der Waals surface area (Å²) in [5.74, 6) is 0. The molecule has 0 radical (unpaired) electrons. The number of nitrogens with two attached hydrogens (primary N) is 1. The summed E-state index contributed by atoms with van der Waals surface area (Å²) in [6.07, 6.45) is 0.0716. The molecule has 1 aliphatic rings. The molecule has 0 saturated carbocycles. The Labute approximate surface area is 126 Å². The lowest BCUT2D eigenvalue weighted by molar-refractivity contribution is -0.0502. The van der Waals surface area contributed by atoms with E-state index < -0.39 is 0 Å². The molecule has 2 N–H and O–H groups in total. The van der Waals surface area contributed by atoms with Crippen molar-refractivity contribution in [2.24, 2.45) is 5.73 Å². The standard InChI is InChI=1S/C18H24N2O/c1-13(2)20-9-10-21-17(12-20)18(19)16-8-7-14-5-3-4-6-15(14)11-16/h3-8,11,13,17-18H,9-10,12,19H2,1-2H3. The molecule has 1 aliphatic heterocycles. The Morgan fingerprint density at radius 1 is 1.14 bits per heavy atom. The summed E-state index contributed by atoms with van der Waals surface area (Å²) in [5, 5.41) is 2.49. The number of morpholine rings is 1. The minimum atomic E-state index is -0.0730. The molecule has 3 rings (SSSR count). The van der Waals surface area contributed by atoms with Crippen molar-refractivity contribution < 1.29 is 4.74 Å². The largest absolute Gasteiger partial charge is 0.374 e. The van der Waals surface area contributed by atoms with Gasteiger partial charge in [-0.25, -0.2) is 0 Å². The van der Waals surface area contributed by atoms with Crippen LogP contribution >= 0.6 is 0 Å². The van der Waals surface area contributed by atoms with Crippen molar-refractivity contribution in [1.82, 2.24) is 4.90 Å². The second-order valence-electron chi connectivity index (χ2n) is 6.13. The van der Waals surface area contributed by atoms with Crippen molar-refractivity contribution in [2.45, 2.75) is 32.0 Å². The van der Waals surface area contributed by atoms with E-state index in [1.54, 1.807) is 0 Å². The highest BCUT2D eigenvalue weighted by Gasteiger charge is 2.27. The highest BCUT2D eigenvalue weighted by atomic mass is 16.5. The number of fused-ring (bicyclic) bond motifs is 1. The number of hydrogen-bond acceptors (Lipinski definition) is 3. The zero-order valence-corrected chi connectivity index (χ0v) is 12.8. The first kappa shape index (κ1) is 14.5. The first-order valence-electron chi connectivity index (χ1n) is 7.75. The van der Waals surface area contributed by atoms with Gasteiger partial charge in [-0.2, -0.15) is 0 Å². The molecule has 0 spiro atoms. The molecule has 21 heavy (non-hydrogen) atoms. The van der Waals surface area contributed by atoms with Crippen LogP contribution in [0, 0.1) is 0 Å². The van der Waals surface area contributed by atoms with Gasteiger partial charge in [0, 0.05) is 19.1 Å². The van der Waals surface area contributed by atoms with Gasteiger partial charge in [-0.15, -0.1) is 0 Å². The molecule has 0 bridgehead atoms. The summed E-state index contributed by atoms with van der Waals surface area (Å²) in [5.41, 5.74) is 7.63. The maximum Gasteiger partial charge on any atom is 0.0894 e. The molecule has 0 aliphatic carbocycles. The van der Waals surface area contributed by atoms with Crippen molar-refractivity contribution in [1.29, 1.82) is 0 Å². The van der Waals surface area contributed by atoms with Crippen LogP contribution in [-0.4, -0.2) is 36.7 Å². The molecule has 3 heteroatoms. The molecule has 1 saturated heterocycles. The van der Waals surface area contributed by atoms with E-state index in [0.717, 1.165) is 25.3 Å². The van der Waals surface area contributed by atoms with E-state index in [1.165, 1.54) is 10.8 Å². The first-order valence-corrected chi connectivity index (χ1v) is 7.75.